The van der Waals surface area contributed by atoms with Crippen LogP contribution in [0.25, 0.3) is 10.9 Å². The van der Waals surface area contributed by atoms with E-state index < -0.39 is 0 Å². The Bertz CT molecular complexity index is 1120. The quantitative estimate of drug-likeness (QED) is 0.382. The fraction of sp³-hybridized carbons (Fsp3) is 0.423. The predicted molar refractivity (Wildman–Crippen MR) is 131 cm³/mol. The zero-order valence-corrected chi connectivity index (χ0v) is 19.6. The van der Waals surface area contributed by atoms with Crippen molar-refractivity contribution >= 4 is 28.6 Å². The number of fused-ring (bicyclic) bond motifs is 1. The third kappa shape index (κ3) is 5.23. The molecular weight excluding hydrogens is 418 g/mol. The van der Waals surface area contributed by atoms with E-state index in [2.05, 4.69) is 17.4 Å². The number of aryl methyl sites for hydroxylation is 1. The lowest BCUT2D eigenvalue weighted by molar-refractivity contribution is -0.120. The maximum atomic E-state index is 13.3. The lowest BCUT2D eigenvalue weighted by Crippen LogP contribution is -2.38. The Labute approximate surface area is 193 Å². The van der Waals surface area contributed by atoms with Gasteiger partial charge in [0.2, 0.25) is 5.91 Å². The SMILES string of the molecule is CC(CCc1ccccc1)NC(=O)C(C)Sc1nc2ccccc2c(=O)n1C1CCCC1. The van der Waals surface area contributed by atoms with Crippen LogP contribution in [0.4, 0.5) is 0 Å². The minimum absolute atomic E-state index is 0.00818. The molecule has 0 bridgehead atoms. The molecule has 2 aromatic carbocycles. The zero-order valence-electron chi connectivity index (χ0n) is 18.8. The Balaban J connectivity index is 1.47. The van der Waals surface area contributed by atoms with Crippen LogP contribution in [0.5, 0.6) is 0 Å². The number of rotatable bonds is 8. The van der Waals surface area contributed by atoms with Crippen LogP contribution in [-0.4, -0.2) is 26.8 Å². The smallest absolute Gasteiger partial charge is 0.262 e. The van der Waals surface area contributed by atoms with Gasteiger partial charge >= 0.3 is 0 Å². The van der Waals surface area contributed by atoms with Crippen LogP contribution in [0.1, 0.15) is 57.6 Å². The average Bonchev–Trinajstić information content (AvgIpc) is 3.33. The summed E-state index contributed by atoms with van der Waals surface area (Å²) in [5.41, 5.74) is 1.98. The van der Waals surface area contributed by atoms with Crippen molar-refractivity contribution < 1.29 is 4.79 Å². The number of thioether (sulfide) groups is 1. The summed E-state index contributed by atoms with van der Waals surface area (Å²) < 4.78 is 1.85. The highest BCUT2D eigenvalue weighted by molar-refractivity contribution is 8.00. The van der Waals surface area contributed by atoms with Gasteiger partial charge < -0.3 is 5.32 Å². The molecule has 168 valence electrons. The molecule has 0 aliphatic heterocycles. The molecule has 0 saturated heterocycles. The average molecular weight is 450 g/mol. The van der Waals surface area contributed by atoms with Gasteiger partial charge in [-0.1, -0.05) is 67.1 Å². The highest BCUT2D eigenvalue weighted by Gasteiger charge is 2.26. The van der Waals surface area contributed by atoms with Crippen LogP contribution < -0.4 is 10.9 Å². The van der Waals surface area contributed by atoms with Gasteiger partial charge in [-0.05, 0) is 57.2 Å². The Kier molecular flexibility index (Phi) is 7.30. The first-order chi connectivity index (χ1) is 15.5. The number of carbonyl (C=O) groups excluding carboxylic acids is 1. The summed E-state index contributed by atoms with van der Waals surface area (Å²) in [5.74, 6) is -0.0176. The molecule has 2 unspecified atom stereocenters. The van der Waals surface area contributed by atoms with E-state index in [9.17, 15) is 9.59 Å². The van der Waals surface area contributed by atoms with E-state index in [0.29, 0.717) is 16.1 Å². The third-order valence-electron chi connectivity index (χ3n) is 6.21. The fourth-order valence-corrected chi connectivity index (χ4v) is 5.35. The van der Waals surface area contributed by atoms with E-state index >= 15 is 0 Å². The van der Waals surface area contributed by atoms with Gasteiger partial charge in [0, 0.05) is 12.1 Å². The largest absolute Gasteiger partial charge is 0.353 e. The highest BCUT2D eigenvalue weighted by Crippen LogP contribution is 2.33. The molecule has 1 aliphatic carbocycles. The van der Waals surface area contributed by atoms with Crippen molar-refractivity contribution in [3.63, 3.8) is 0 Å². The molecule has 6 heteroatoms. The predicted octanol–water partition coefficient (Wildman–Crippen LogP) is 5.13. The van der Waals surface area contributed by atoms with Crippen LogP contribution in [0.2, 0.25) is 0 Å². The van der Waals surface area contributed by atoms with Crippen molar-refractivity contribution in [2.45, 2.75) is 74.9 Å². The first-order valence-corrected chi connectivity index (χ1v) is 12.4. The van der Waals surface area contributed by atoms with Crippen molar-refractivity contribution in [2.75, 3.05) is 0 Å². The highest BCUT2D eigenvalue weighted by atomic mass is 32.2. The minimum atomic E-state index is -0.338. The van der Waals surface area contributed by atoms with Gasteiger partial charge in [-0.25, -0.2) is 4.98 Å². The molecule has 0 radical (unpaired) electrons. The Hall–Kier alpha value is -2.60. The van der Waals surface area contributed by atoms with E-state index in [-0.39, 0.29) is 28.8 Å². The first-order valence-electron chi connectivity index (χ1n) is 11.5. The molecule has 1 aromatic heterocycles. The summed E-state index contributed by atoms with van der Waals surface area (Å²) in [5, 5.41) is 4.10. The number of hydrogen-bond donors (Lipinski definition) is 1. The van der Waals surface area contributed by atoms with Gasteiger partial charge in [0.1, 0.15) is 0 Å². The monoisotopic (exact) mass is 449 g/mol. The molecule has 1 fully saturated rings. The topological polar surface area (TPSA) is 64.0 Å². The molecule has 32 heavy (non-hydrogen) atoms. The number of carbonyl (C=O) groups is 1. The van der Waals surface area contributed by atoms with E-state index in [1.165, 1.54) is 17.3 Å². The van der Waals surface area contributed by atoms with Crippen molar-refractivity contribution in [3.05, 3.63) is 70.5 Å². The number of benzene rings is 2. The number of nitrogens with one attached hydrogen (secondary N) is 1. The molecule has 1 amide bonds. The molecule has 1 aliphatic rings. The van der Waals surface area contributed by atoms with Gasteiger partial charge in [-0.3, -0.25) is 14.2 Å². The summed E-state index contributed by atoms with van der Waals surface area (Å²) in [6.45, 7) is 3.94. The van der Waals surface area contributed by atoms with Crippen LogP contribution in [0.15, 0.2) is 64.5 Å². The van der Waals surface area contributed by atoms with Crippen LogP contribution in [-0.2, 0) is 11.2 Å². The Morgan fingerprint density at radius 3 is 2.53 bits per heavy atom. The van der Waals surface area contributed by atoms with Crippen LogP contribution >= 0.6 is 11.8 Å². The lowest BCUT2D eigenvalue weighted by atomic mass is 10.1. The number of hydrogen-bond acceptors (Lipinski definition) is 4. The summed E-state index contributed by atoms with van der Waals surface area (Å²) >= 11 is 1.39. The summed E-state index contributed by atoms with van der Waals surface area (Å²) in [7, 11) is 0. The van der Waals surface area contributed by atoms with Gasteiger partial charge in [-0.15, -0.1) is 0 Å². The third-order valence-corrected chi connectivity index (χ3v) is 7.28. The number of amides is 1. The fourth-order valence-electron chi connectivity index (χ4n) is 4.36. The maximum Gasteiger partial charge on any atom is 0.262 e. The van der Waals surface area contributed by atoms with Crippen LogP contribution in [0.3, 0.4) is 0 Å². The summed E-state index contributed by atoms with van der Waals surface area (Å²) in [4.78, 5) is 31.0. The Morgan fingerprint density at radius 2 is 1.78 bits per heavy atom. The molecule has 3 aromatic rings. The van der Waals surface area contributed by atoms with Crippen molar-refractivity contribution in [1.29, 1.82) is 0 Å². The van der Waals surface area contributed by atoms with Gasteiger partial charge in [0.05, 0.1) is 16.2 Å². The summed E-state index contributed by atoms with van der Waals surface area (Å²) in [6, 6.07) is 18.1. The number of para-hydroxylation sites is 1. The zero-order chi connectivity index (χ0) is 22.5. The van der Waals surface area contributed by atoms with Crippen LogP contribution in [0, 0.1) is 0 Å². The second-order valence-corrected chi connectivity index (χ2v) is 10.0. The molecule has 4 rings (SSSR count). The molecule has 5 nitrogen and oxygen atoms in total. The normalized spacial score (nSPS) is 16.2. The second kappa shape index (κ2) is 10.3. The minimum Gasteiger partial charge on any atom is -0.353 e. The van der Waals surface area contributed by atoms with Gasteiger partial charge in [-0.2, -0.15) is 0 Å². The molecule has 2 atom stereocenters. The first kappa shape index (κ1) is 22.6. The molecule has 1 N–H and O–H groups in total. The van der Waals surface area contributed by atoms with Crippen molar-refractivity contribution in [3.8, 4) is 0 Å². The van der Waals surface area contributed by atoms with Gasteiger partial charge in [0.15, 0.2) is 5.16 Å². The van der Waals surface area contributed by atoms with E-state index in [1.54, 1.807) is 0 Å². The Morgan fingerprint density at radius 1 is 1.09 bits per heavy atom. The van der Waals surface area contributed by atoms with E-state index in [0.717, 1.165) is 38.5 Å². The molecule has 1 saturated carbocycles. The number of nitrogens with zero attached hydrogens (tertiary/aromatic N) is 2. The van der Waals surface area contributed by atoms with Gasteiger partial charge in [0.25, 0.3) is 5.56 Å². The standard InChI is InChI=1S/C26H31N3O2S/c1-18(16-17-20-10-4-3-5-11-20)27-24(30)19(2)32-26-28-23-15-9-8-14-22(23)25(31)29(26)21-12-6-7-13-21/h3-5,8-11,14-15,18-19,21H,6-7,12-13,16-17H2,1-2H3,(H,27,30). The second-order valence-electron chi connectivity index (χ2n) is 8.72. The van der Waals surface area contributed by atoms with Crippen molar-refractivity contribution in [1.82, 2.24) is 14.9 Å². The molecular formula is C26H31N3O2S. The summed E-state index contributed by atoms with van der Waals surface area (Å²) in [6.07, 6.45) is 6.05. The number of aromatic nitrogens is 2. The molecule has 0 spiro atoms. The molecule has 1 heterocycles. The maximum absolute atomic E-state index is 13.3. The van der Waals surface area contributed by atoms with E-state index in [4.69, 9.17) is 4.98 Å². The van der Waals surface area contributed by atoms with Crippen molar-refractivity contribution in [2.24, 2.45) is 0 Å². The lowest BCUT2D eigenvalue weighted by Gasteiger charge is -2.21. The van der Waals surface area contributed by atoms with E-state index in [1.807, 2.05) is 60.9 Å².